The van der Waals surface area contributed by atoms with E-state index in [4.69, 9.17) is 51.1 Å². The summed E-state index contributed by atoms with van der Waals surface area (Å²) >= 11 is 24.9. The molecule has 1 amide bonds. The van der Waals surface area contributed by atoms with Crippen LogP contribution in [0.1, 0.15) is 52.0 Å². The Morgan fingerprint density at radius 2 is 1.29 bits per heavy atom. The molecule has 12 heteroatoms. The van der Waals surface area contributed by atoms with Gasteiger partial charge in [-0.2, -0.15) is 4.31 Å². The zero-order valence-electron chi connectivity index (χ0n) is 28.8. The van der Waals surface area contributed by atoms with Gasteiger partial charge in [0.15, 0.2) is 5.75 Å². The smallest absolute Gasteiger partial charge is 0.254 e. The third-order valence-electron chi connectivity index (χ3n) is 8.09. The van der Waals surface area contributed by atoms with Crippen molar-refractivity contribution in [2.24, 2.45) is 5.92 Å². The second kappa shape index (κ2) is 17.4. The number of aryl methyl sites for hydroxylation is 1. The minimum absolute atomic E-state index is 0.0576. The first kappa shape index (κ1) is 39.4. The third-order valence-corrected chi connectivity index (χ3v) is 10.8. The molecular formula is C40H38Cl4N2O5S. The van der Waals surface area contributed by atoms with Crippen LogP contribution >= 0.6 is 46.4 Å². The van der Waals surface area contributed by atoms with E-state index in [1.54, 1.807) is 65.6 Å². The number of carbonyl (C=O) groups excluding carboxylic acids is 1. The molecule has 0 aliphatic rings. The number of hydrogen-bond donors (Lipinski definition) is 1. The summed E-state index contributed by atoms with van der Waals surface area (Å²) in [5, 5.41) is 11.5. The van der Waals surface area contributed by atoms with Gasteiger partial charge < -0.3 is 14.7 Å². The van der Waals surface area contributed by atoms with Crippen molar-refractivity contribution in [2.75, 3.05) is 6.61 Å². The molecule has 0 atom stereocenters. The van der Waals surface area contributed by atoms with E-state index in [2.05, 4.69) is 0 Å². The van der Waals surface area contributed by atoms with Gasteiger partial charge in [0.1, 0.15) is 10.6 Å². The normalized spacial score (nSPS) is 11.6. The molecule has 0 saturated carbocycles. The van der Waals surface area contributed by atoms with Gasteiger partial charge in [-0.15, -0.1) is 0 Å². The summed E-state index contributed by atoms with van der Waals surface area (Å²) in [4.78, 5) is 15.3. The molecule has 0 aliphatic carbocycles. The van der Waals surface area contributed by atoms with Gasteiger partial charge in [0.05, 0.1) is 11.6 Å². The van der Waals surface area contributed by atoms with Crippen molar-refractivity contribution in [2.45, 2.75) is 51.8 Å². The summed E-state index contributed by atoms with van der Waals surface area (Å²) in [5.41, 5.74) is 4.51. The van der Waals surface area contributed by atoms with Crippen LogP contribution in [0.3, 0.4) is 0 Å². The molecule has 0 fully saturated rings. The van der Waals surface area contributed by atoms with Crippen LogP contribution in [-0.2, 0) is 36.2 Å². The van der Waals surface area contributed by atoms with Crippen LogP contribution in [0.15, 0.2) is 108 Å². The van der Waals surface area contributed by atoms with Crippen LogP contribution < -0.4 is 4.74 Å². The highest BCUT2D eigenvalue weighted by atomic mass is 35.5. The predicted molar refractivity (Wildman–Crippen MR) is 209 cm³/mol. The molecule has 272 valence electrons. The molecule has 0 aliphatic heterocycles. The summed E-state index contributed by atoms with van der Waals surface area (Å²) in [5.74, 6) is 0.0800. The lowest BCUT2D eigenvalue weighted by Gasteiger charge is -2.25. The first-order valence-corrected chi connectivity index (χ1v) is 19.4. The number of halogens is 4. The number of phenols is 1. The average molecular weight is 801 g/mol. The van der Waals surface area contributed by atoms with Gasteiger partial charge in [0.2, 0.25) is 10.0 Å². The number of amides is 1. The minimum atomic E-state index is -4.35. The molecule has 52 heavy (non-hydrogen) atoms. The van der Waals surface area contributed by atoms with Gasteiger partial charge >= 0.3 is 0 Å². The number of phenolic OH excluding ortho intramolecular Hbond substituents is 1. The van der Waals surface area contributed by atoms with Crippen molar-refractivity contribution in [3.05, 3.63) is 157 Å². The van der Waals surface area contributed by atoms with E-state index < -0.39 is 20.7 Å². The molecule has 0 aromatic heterocycles. The first-order valence-electron chi connectivity index (χ1n) is 16.5. The lowest BCUT2D eigenvalue weighted by Crippen LogP contribution is -2.31. The molecular weight excluding hydrogens is 762 g/mol. The number of carbonyl (C=O) groups is 1. The standard InChI is InChI=1S/C40H38Cl4N2O5S/c1-26(2)25-51-36-6-4-5-30(17-36)24-46(52(49,50)38-20-35(43)19-37(44)39(38)47)23-29-11-13-32(14-12-29)40(48)45(21-28-9-7-27(3)8-10-28)22-31-15-33(41)18-34(42)16-31/h4-20,26,47H,21-25H2,1-3H3. The van der Waals surface area contributed by atoms with Crippen molar-refractivity contribution in [1.82, 2.24) is 9.21 Å². The maximum atomic E-state index is 14.2. The van der Waals surface area contributed by atoms with Gasteiger partial charge in [-0.25, -0.2) is 8.42 Å². The first-order chi connectivity index (χ1) is 24.7. The van der Waals surface area contributed by atoms with Crippen molar-refractivity contribution >= 4 is 62.3 Å². The van der Waals surface area contributed by atoms with E-state index >= 15 is 0 Å². The van der Waals surface area contributed by atoms with Crippen LogP contribution in [0.2, 0.25) is 20.1 Å². The van der Waals surface area contributed by atoms with Gasteiger partial charge in [0, 0.05) is 46.8 Å². The molecule has 5 rings (SSSR count). The number of sulfonamides is 1. The van der Waals surface area contributed by atoms with Gasteiger partial charge in [0.25, 0.3) is 5.91 Å². The fourth-order valence-corrected chi connectivity index (χ4v) is 8.21. The molecule has 5 aromatic rings. The molecule has 5 aromatic carbocycles. The molecule has 0 heterocycles. The van der Waals surface area contributed by atoms with Gasteiger partial charge in [-0.3, -0.25) is 4.79 Å². The van der Waals surface area contributed by atoms with E-state index in [1.165, 1.54) is 16.4 Å². The Balaban J connectivity index is 1.45. The Labute approximate surface area is 325 Å². The Morgan fingerprint density at radius 3 is 1.94 bits per heavy atom. The van der Waals surface area contributed by atoms with Crippen LogP contribution in [0.25, 0.3) is 0 Å². The maximum absolute atomic E-state index is 14.2. The van der Waals surface area contributed by atoms with Gasteiger partial charge in [-0.1, -0.05) is 114 Å². The SMILES string of the molecule is Cc1ccc(CN(Cc2cc(Cl)cc(Cl)c2)C(=O)c2ccc(CN(Cc3cccc(OCC(C)C)c3)S(=O)(=O)c3cc(Cl)cc(Cl)c3O)cc2)cc1. The zero-order chi connectivity index (χ0) is 37.6. The zero-order valence-corrected chi connectivity index (χ0v) is 32.7. The highest BCUT2D eigenvalue weighted by molar-refractivity contribution is 7.89. The Hall–Kier alpha value is -3.76. The van der Waals surface area contributed by atoms with Crippen molar-refractivity contribution in [1.29, 1.82) is 0 Å². The summed E-state index contributed by atoms with van der Waals surface area (Å²) in [6.45, 7) is 7.02. The van der Waals surface area contributed by atoms with Crippen molar-refractivity contribution in [3.63, 3.8) is 0 Å². The van der Waals surface area contributed by atoms with Crippen LogP contribution in [0, 0.1) is 12.8 Å². The molecule has 0 bridgehead atoms. The molecule has 1 N–H and O–H groups in total. The molecule has 0 saturated heterocycles. The number of rotatable bonds is 14. The van der Waals surface area contributed by atoms with Crippen LogP contribution in [0.4, 0.5) is 0 Å². The Kier molecular flexibility index (Phi) is 13.2. The second-order valence-corrected chi connectivity index (χ2v) is 16.6. The monoisotopic (exact) mass is 798 g/mol. The van der Waals surface area contributed by atoms with Crippen LogP contribution in [-0.4, -0.2) is 35.2 Å². The van der Waals surface area contributed by atoms with Crippen molar-refractivity contribution < 1.29 is 23.1 Å². The summed E-state index contributed by atoms with van der Waals surface area (Å²) in [6.07, 6.45) is 0. The third kappa shape index (κ3) is 10.4. The van der Waals surface area contributed by atoms with E-state index in [9.17, 15) is 18.3 Å². The molecule has 0 unspecified atom stereocenters. The topological polar surface area (TPSA) is 87.2 Å². The predicted octanol–water partition coefficient (Wildman–Crippen LogP) is 10.6. The van der Waals surface area contributed by atoms with E-state index in [0.717, 1.165) is 16.7 Å². The second-order valence-electron chi connectivity index (χ2n) is 13.0. The molecule has 0 radical (unpaired) electrons. The van der Waals surface area contributed by atoms with Crippen molar-refractivity contribution in [3.8, 4) is 11.5 Å². The lowest BCUT2D eigenvalue weighted by molar-refractivity contribution is 0.0730. The summed E-state index contributed by atoms with van der Waals surface area (Å²) in [6, 6.07) is 29.5. The number of benzene rings is 5. The molecule has 7 nitrogen and oxygen atoms in total. The number of aromatic hydroxyl groups is 1. The van der Waals surface area contributed by atoms with E-state index in [-0.39, 0.29) is 35.6 Å². The summed E-state index contributed by atoms with van der Waals surface area (Å²) in [7, 11) is -4.35. The fraction of sp³-hybridized carbons (Fsp3) is 0.225. The highest BCUT2D eigenvalue weighted by Crippen LogP contribution is 2.37. The lowest BCUT2D eigenvalue weighted by atomic mass is 10.1. The molecule has 0 spiro atoms. The quantitative estimate of drug-likeness (QED) is 0.121. The minimum Gasteiger partial charge on any atom is -0.505 e. The maximum Gasteiger partial charge on any atom is 0.254 e. The van der Waals surface area contributed by atoms with Gasteiger partial charge in [-0.05, 0) is 89.7 Å². The van der Waals surface area contributed by atoms with E-state index in [1.807, 2.05) is 51.1 Å². The largest absolute Gasteiger partial charge is 0.505 e. The summed E-state index contributed by atoms with van der Waals surface area (Å²) < 4.78 is 35.5. The average Bonchev–Trinajstić information content (AvgIpc) is 3.09. The Morgan fingerprint density at radius 1 is 0.712 bits per heavy atom. The number of ether oxygens (including phenoxy) is 1. The Bertz CT molecular complexity index is 2120. The fourth-order valence-electron chi connectivity index (χ4n) is 5.48. The highest BCUT2D eigenvalue weighted by Gasteiger charge is 2.30. The van der Waals surface area contributed by atoms with Crippen LogP contribution in [0.5, 0.6) is 11.5 Å². The number of nitrogens with zero attached hydrogens (tertiary/aromatic N) is 2. The number of hydrogen-bond acceptors (Lipinski definition) is 5. The van der Waals surface area contributed by atoms with E-state index in [0.29, 0.717) is 51.6 Å².